The molecular weight excluding hydrogens is 1190 g/mol. The summed E-state index contributed by atoms with van der Waals surface area (Å²) in [5, 5.41) is 6.92. The number of Topliss-reactive ketones (excluding diaryl/α,β-unsaturated/α-hetero) is 2. The number of hydrogen-bond donors (Lipinski definition) is 1. The first-order valence-electron chi connectivity index (χ1n) is 23.8. The first kappa shape index (κ1) is 60.2. The topological polar surface area (TPSA) is 164 Å². The van der Waals surface area contributed by atoms with E-state index in [1.165, 1.54) is 12.1 Å². The third-order valence-electron chi connectivity index (χ3n) is 12.8. The Morgan fingerprint density at radius 2 is 1.35 bits per heavy atom. The minimum absolute atomic E-state index is 0.0810. The van der Waals surface area contributed by atoms with Crippen LogP contribution in [0.4, 0.5) is 33.3 Å². The maximum Gasteiger partial charge on any atom is 0.459 e. The SMILES string of the molecule is CC(C)(COCc1cccc(Oc2ccccc2)c1)c1ccc(OC(F)(F)Br)cc1.CCC1(CC2(c3cccc(Cl)c3)CO2)C(=O)c2ccccc2C1=O.O=[N+]([O-])c1ccc(NS(=O)(=O)c2ccc(Cl)c(C(F)(F)F)c2)c(Cl)c1. The van der Waals surface area contributed by atoms with Crippen LogP contribution in [0, 0.1) is 15.5 Å². The number of anilines is 1. The molecule has 1 aliphatic heterocycles. The second kappa shape index (κ2) is 24.5. The molecule has 2 aliphatic rings. The van der Waals surface area contributed by atoms with Crippen LogP contribution in [0.3, 0.4) is 0 Å². The highest BCUT2D eigenvalue weighted by atomic mass is 79.9. The maximum atomic E-state index is 13.1. The number of ether oxygens (including phenoxy) is 4. The number of rotatable bonds is 17. The van der Waals surface area contributed by atoms with Crippen LogP contribution in [-0.2, 0) is 43.3 Å². The second-order valence-electron chi connectivity index (χ2n) is 18.8. The number of carbonyl (C=O) groups is 2. The summed E-state index contributed by atoms with van der Waals surface area (Å²) >= 11 is 19.5. The van der Waals surface area contributed by atoms with E-state index in [0.717, 1.165) is 58.5 Å². The molecule has 1 N–H and O–H groups in total. The minimum atomic E-state index is -4.84. The lowest BCUT2D eigenvalue weighted by atomic mass is 9.71. The van der Waals surface area contributed by atoms with Crippen molar-refractivity contribution in [1.82, 2.24) is 0 Å². The molecule has 7 aromatic rings. The summed E-state index contributed by atoms with van der Waals surface area (Å²) in [6, 6.07) is 43.5. The molecular formula is C57H47BrCl3F5N2O10S. The van der Waals surface area contributed by atoms with Crippen LogP contribution < -0.4 is 14.2 Å². The molecule has 414 valence electrons. The van der Waals surface area contributed by atoms with Crippen LogP contribution in [0.25, 0.3) is 0 Å². The Kier molecular flexibility index (Phi) is 18.7. The summed E-state index contributed by atoms with van der Waals surface area (Å²) in [4.78, 5) is 35.3. The Morgan fingerprint density at radius 1 is 0.734 bits per heavy atom. The fraction of sp³-hybridized carbons (Fsp3) is 0.228. The van der Waals surface area contributed by atoms with Gasteiger partial charge >= 0.3 is 11.2 Å². The summed E-state index contributed by atoms with van der Waals surface area (Å²) in [7, 11) is -4.43. The van der Waals surface area contributed by atoms with Crippen LogP contribution in [0.1, 0.15) is 76.6 Å². The molecule has 0 saturated carbocycles. The van der Waals surface area contributed by atoms with Gasteiger partial charge in [-0.2, -0.15) is 22.0 Å². The van der Waals surface area contributed by atoms with E-state index in [0.29, 0.717) is 54.9 Å². The molecule has 0 aromatic heterocycles. The Balaban J connectivity index is 0.000000173. The van der Waals surface area contributed by atoms with Gasteiger partial charge in [0.05, 0.1) is 56.4 Å². The van der Waals surface area contributed by atoms with Gasteiger partial charge in [0.1, 0.15) is 22.8 Å². The Bertz CT molecular complexity index is 3440. The van der Waals surface area contributed by atoms with E-state index in [2.05, 4.69) is 20.7 Å². The van der Waals surface area contributed by atoms with Crippen molar-refractivity contribution in [2.45, 2.75) is 67.3 Å². The van der Waals surface area contributed by atoms with E-state index >= 15 is 0 Å². The Labute approximate surface area is 475 Å². The number of alkyl halides is 6. The number of halogens is 9. The number of epoxide rings is 1. The van der Waals surface area contributed by atoms with Crippen LogP contribution in [0.2, 0.25) is 15.1 Å². The van der Waals surface area contributed by atoms with Gasteiger partial charge < -0.3 is 18.9 Å². The monoisotopic (exact) mass is 1230 g/mol. The minimum Gasteiger partial charge on any atom is -0.457 e. The predicted molar refractivity (Wildman–Crippen MR) is 293 cm³/mol. The molecule has 1 heterocycles. The Hall–Kier alpha value is -6.45. The molecule has 1 fully saturated rings. The highest BCUT2D eigenvalue weighted by Crippen LogP contribution is 2.54. The lowest BCUT2D eigenvalue weighted by molar-refractivity contribution is -0.384. The number of non-ortho nitro benzene ring substituents is 1. The van der Waals surface area contributed by atoms with Gasteiger partial charge in [0.25, 0.3) is 15.7 Å². The van der Waals surface area contributed by atoms with Crippen molar-refractivity contribution in [3.63, 3.8) is 0 Å². The van der Waals surface area contributed by atoms with Crippen LogP contribution in [0.5, 0.6) is 17.2 Å². The number of nitro groups is 1. The van der Waals surface area contributed by atoms with Crippen molar-refractivity contribution in [3.8, 4) is 17.2 Å². The van der Waals surface area contributed by atoms with E-state index in [-0.39, 0.29) is 39.1 Å². The number of nitro benzene ring substituents is 1. The lowest BCUT2D eigenvalue weighted by Crippen LogP contribution is -2.37. The molecule has 22 heteroatoms. The van der Waals surface area contributed by atoms with Gasteiger partial charge in [0, 0.05) is 56.0 Å². The number of nitrogens with one attached hydrogen (secondary N) is 1. The van der Waals surface area contributed by atoms with Crippen molar-refractivity contribution >= 4 is 83.7 Å². The fourth-order valence-corrected chi connectivity index (χ4v) is 10.5. The number of ketones is 2. The third kappa shape index (κ3) is 15.1. The molecule has 0 amide bonds. The molecule has 79 heavy (non-hydrogen) atoms. The zero-order valence-corrected chi connectivity index (χ0v) is 46.6. The van der Waals surface area contributed by atoms with Gasteiger partial charge in [-0.3, -0.25) is 24.4 Å². The number of para-hydroxylation sites is 1. The van der Waals surface area contributed by atoms with Crippen molar-refractivity contribution < 1.29 is 63.8 Å². The first-order valence-corrected chi connectivity index (χ1v) is 27.2. The average molecular weight is 1230 g/mol. The summed E-state index contributed by atoms with van der Waals surface area (Å²) in [5.41, 5.74) is 0.124. The largest absolute Gasteiger partial charge is 0.459 e. The molecule has 1 atom stereocenters. The van der Waals surface area contributed by atoms with Crippen LogP contribution >= 0.6 is 50.7 Å². The highest BCUT2D eigenvalue weighted by molar-refractivity contribution is 9.09. The normalized spacial score (nSPS) is 15.6. The number of nitrogens with zero attached hydrogens (tertiary/aromatic N) is 1. The van der Waals surface area contributed by atoms with E-state index in [9.17, 15) is 50.1 Å². The molecule has 12 nitrogen and oxygen atoms in total. The van der Waals surface area contributed by atoms with Crippen molar-refractivity contribution in [3.05, 3.63) is 222 Å². The van der Waals surface area contributed by atoms with Gasteiger partial charge in [0.15, 0.2) is 11.6 Å². The summed E-state index contributed by atoms with van der Waals surface area (Å²) in [6.07, 6.45) is -4.01. The second-order valence-corrected chi connectivity index (χ2v) is 22.6. The number of sulfonamides is 1. The number of benzene rings is 7. The molecule has 0 bridgehead atoms. The van der Waals surface area contributed by atoms with Gasteiger partial charge in [0.2, 0.25) is 0 Å². The van der Waals surface area contributed by atoms with Crippen LogP contribution in [0.15, 0.2) is 169 Å². The molecule has 1 aliphatic carbocycles. The van der Waals surface area contributed by atoms with E-state index in [4.69, 9.17) is 49.0 Å². The zero-order chi connectivity index (χ0) is 57.6. The molecule has 0 radical (unpaired) electrons. The standard InChI is InChI=1S/C24H23BrF2O3.C20H17ClO3.C13H7Cl2F3N2O4S/c1-23(2,19-11-13-21(14-12-19)30-24(25,26)27)17-28-16-18-7-6-10-22(15-18)29-20-8-4-3-5-9-20;1-2-19(17(22)15-8-3-4-9-16(15)18(19)23)11-20(12-24-20)13-6-5-7-14(21)10-13;14-10-3-2-8(6-9(10)13(16,17)18)25(23,24)19-12-4-1-7(20(21)22)5-11(12)15/h3-15H,16-17H2,1-2H3;3-10H,2,11-12H2,1H3;1-6,19H. The number of carbonyl (C=O) groups excluding carboxylic acids is 2. The van der Waals surface area contributed by atoms with E-state index < -0.39 is 52.6 Å². The molecule has 1 saturated heterocycles. The quantitative estimate of drug-likeness (QED) is 0.0232. The number of fused-ring (bicyclic) bond motifs is 1. The molecule has 9 rings (SSSR count). The van der Waals surface area contributed by atoms with E-state index in [1.54, 1.807) is 42.5 Å². The van der Waals surface area contributed by atoms with Crippen molar-refractivity contribution in [2.24, 2.45) is 5.41 Å². The van der Waals surface area contributed by atoms with Crippen molar-refractivity contribution in [1.29, 1.82) is 0 Å². The smallest absolute Gasteiger partial charge is 0.457 e. The fourth-order valence-electron chi connectivity index (χ4n) is 8.55. The molecule has 1 unspecified atom stereocenters. The first-order chi connectivity index (χ1) is 37.1. The maximum absolute atomic E-state index is 13.1. The predicted octanol–water partition coefficient (Wildman–Crippen LogP) is 16.4. The van der Waals surface area contributed by atoms with Gasteiger partial charge in [-0.15, -0.1) is 0 Å². The summed E-state index contributed by atoms with van der Waals surface area (Å²) < 4.78 is 113. The van der Waals surface area contributed by atoms with Gasteiger partial charge in [-0.05, 0) is 95.9 Å². The lowest BCUT2D eigenvalue weighted by Gasteiger charge is -2.28. The highest BCUT2D eigenvalue weighted by Gasteiger charge is 2.60. The average Bonchev–Trinajstić information content (AvgIpc) is 4.07. The van der Waals surface area contributed by atoms with Gasteiger partial charge in [-0.25, -0.2) is 8.42 Å². The number of hydrogen-bond acceptors (Lipinski definition) is 10. The molecule has 7 aromatic carbocycles. The third-order valence-corrected chi connectivity index (χ3v) is 15.2. The zero-order valence-electron chi connectivity index (χ0n) is 42.0. The summed E-state index contributed by atoms with van der Waals surface area (Å²) in [6.45, 7) is 7.38. The summed E-state index contributed by atoms with van der Waals surface area (Å²) in [5.74, 6) is 1.46. The Morgan fingerprint density at radius 3 is 1.92 bits per heavy atom. The van der Waals surface area contributed by atoms with Crippen molar-refractivity contribution in [2.75, 3.05) is 17.9 Å². The van der Waals surface area contributed by atoms with Crippen LogP contribution in [-0.4, -0.2) is 43.1 Å². The van der Waals surface area contributed by atoms with Gasteiger partial charge in [-0.1, -0.05) is 134 Å². The molecule has 0 spiro atoms. The van der Waals surface area contributed by atoms with E-state index in [1.807, 2.05) is 98.3 Å².